The van der Waals surface area contributed by atoms with Crippen LogP contribution in [0.25, 0.3) is 0 Å². The van der Waals surface area contributed by atoms with Gasteiger partial charge in [0.25, 0.3) is 0 Å². The molecular weight excluding hydrogens is 210 g/mol. The van der Waals surface area contributed by atoms with Crippen molar-refractivity contribution in [1.82, 2.24) is 4.98 Å². The van der Waals surface area contributed by atoms with Crippen molar-refractivity contribution >= 4 is 17.5 Å². The van der Waals surface area contributed by atoms with Crippen molar-refractivity contribution in [2.75, 3.05) is 18.6 Å². The lowest BCUT2D eigenvalue weighted by molar-refractivity contribution is -0.119. The number of Topliss-reactive ketones (excluding diaryl/α,β-unsaturated/α-hetero) is 1. The maximum atomic E-state index is 11.5. The minimum atomic E-state index is 0.146. The van der Waals surface area contributed by atoms with Crippen LogP contribution < -0.4 is 4.74 Å². The van der Waals surface area contributed by atoms with Crippen LogP contribution in [-0.4, -0.2) is 29.4 Å². The van der Waals surface area contributed by atoms with Gasteiger partial charge in [-0.1, -0.05) is 6.07 Å². The van der Waals surface area contributed by atoms with Crippen molar-refractivity contribution in [3.8, 4) is 5.88 Å². The first-order chi connectivity index (χ1) is 7.31. The Hall–Kier alpha value is -1.03. The van der Waals surface area contributed by atoms with Crippen molar-refractivity contribution in [1.29, 1.82) is 0 Å². The third kappa shape index (κ3) is 2.31. The highest BCUT2D eigenvalue weighted by Gasteiger charge is 2.26. The number of ketones is 1. The van der Waals surface area contributed by atoms with Crippen molar-refractivity contribution in [2.45, 2.75) is 6.42 Å². The number of thioether (sulfide) groups is 1. The van der Waals surface area contributed by atoms with E-state index in [0.717, 1.165) is 17.7 Å². The third-order valence-corrected chi connectivity index (χ3v) is 3.66. The lowest BCUT2D eigenvalue weighted by Gasteiger charge is -2.09. The summed E-state index contributed by atoms with van der Waals surface area (Å²) in [5.41, 5.74) is 1.03. The fourth-order valence-electron chi connectivity index (χ4n) is 1.71. The highest BCUT2D eigenvalue weighted by atomic mass is 32.2. The minimum Gasteiger partial charge on any atom is -0.481 e. The van der Waals surface area contributed by atoms with Crippen LogP contribution in [0.4, 0.5) is 0 Å². The van der Waals surface area contributed by atoms with Gasteiger partial charge in [-0.25, -0.2) is 4.98 Å². The zero-order valence-electron chi connectivity index (χ0n) is 8.60. The molecular formula is C11H13NO2S. The first-order valence-electron chi connectivity index (χ1n) is 4.89. The van der Waals surface area contributed by atoms with Gasteiger partial charge >= 0.3 is 0 Å². The number of rotatable bonds is 3. The summed E-state index contributed by atoms with van der Waals surface area (Å²) in [6, 6.07) is 3.85. The van der Waals surface area contributed by atoms with E-state index < -0.39 is 0 Å². The predicted octanol–water partition coefficient (Wildman–Crippen LogP) is 1.56. The van der Waals surface area contributed by atoms with Gasteiger partial charge in [0, 0.05) is 23.4 Å². The minimum absolute atomic E-state index is 0.146. The van der Waals surface area contributed by atoms with Gasteiger partial charge in [0.05, 0.1) is 12.9 Å². The highest BCUT2D eigenvalue weighted by Crippen LogP contribution is 2.26. The zero-order chi connectivity index (χ0) is 10.7. The van der Waals surface area contributed by atoms with Crippen molar-refractivity contribution in [3.63, 3.8) is 0 Å². The molecule has 1 fully saturated rings. The van der Waals surface area contributed by atoms with E-state index >= 15 is 0 Å². The molecule has 1 saturated heterocycles. The average Bonchev–Trinajstić information content (AvgIpc) is 2.65. The van der Waals surface area contributed by atoms with Crippen LogP contribution in [0.5, 0.6) is 5.88 Å². The highest BCUT2D eigenvalue weighted by molar-refractivity contribution is 8.00. The number of hydrogen-bond acceptors (Lipinski definition) is 4. The van der Waals surface area contributed by atoms with Crippen molar-refractivity contribution in [2.24, 2.45) is 5.92 Å². The Morgan fingerprint density at radius 3 is 3.20 bits per heavy atom. The molecule has 1 aliphatic heterocycles. The summed E-state index contributed by atoms with van der Waals surface area (Å²) in [6.07, 6.45) is 2.45. The summed E-state index contributed by atoms with van der Waals surface area (Å²) in [6.45, 7) is 0. The van der Waals surface area contributed by atoms with Crippen molar-refractivity contribution in [3.05, 3.63) is 23.9 Å². The molecule has 1 atom stereocenters. The fraction of sp³-hybridized carbons (Fsp3) is 0.455. The van der Waals surface area contributed by atoms with E-state index in [2.05, 4.69) is 4.98 Å². The standard InChI is InChI=1S/C11H13NO2S/c1-14-11-8(3-2-4-12-11)5-9-6-15-7-10(9)13/h2-4,9H,5-7H2,1H3. The van der Waals surface area contributed by atoms with Gasteiger partial charge < -0.3 is 4.74 Å². The maximum absolute atomic E-state index is 11.5. The molecule has 2 heterocycles. The van der Waals surface area contributed by atoms with Gasteiger partial charge in [0.15, 0.2) is 0 Å². The van der Waals surface area contributed by atoms with Gasteiger partial charge in [-0.15, -0.1) is 0 Å². The van der Waals surface area contributed by atoms with Gasteiger partial charge in [-0.3, -0.25) is 4.79 Å². The molecule has 1 aromatic heterocycles. The lowest BCUT2D eigenvalue weighted by atomic mass is 9.99. The fourth-order valence-corrected chi connectivity index (χ4v) is 2.86. The lowest BCUT2D eigenvalue weighted by Crippen LogP contribution is -2.14. The third-order valence-electron chi connectivity index (χ3n) is 2.53. The summed E-state index contributed by atoms with van der Waals surface area (Å²) in [5.74, 6) is 2.73. The topological polar surface area (TPSA) is 39.2 Å². The summed E-state index contributed by atoms with van der Waals surface area (Å²) in [7, 11) is 1.61. The van der Waals surface area contributed by atoms with E-state index in [0.29, 0.717) is 17.4 Å². The number of methoxy groups -OCH3 is 1. The Morgan fingerprint density at radius 1 is 1.67 bits per heavy atom. The van der Waals surface area contributed by atoms with E-state index in [1.807, 2.05) is 12.1 Å². The average molecular weight is 223 g/mol. The number of carbonyl (C=O) groups excluding carboxylic acids is 1. The molecule has 15 heavy (non-hydrogen) atoms. The number of ether oxygens (including phenoxy) is 1. The van der Waals surface area contributed by atoms with Crippen LogP contribution in [-0.2, 0) is 11.2 Å². The summed E-state index contributed by atoms with van der Waals surface area (Å²) < 4.78 is 5.16. The van der Waals surface area contributed by atoms with E-state index in [4.69, 9.17) is 4.74 Å². The SMILES string of the molecule is COc1ncccc1CC1CSCC1=O. The quantitative estimate of drug-likeness (QED) is 0.779. The van der Waals surface area contributed by atoms with E-state index in [1.54, 1.807) is 25.1 Å². The molecule has 1 unspecified atom stereocenters. The van der Waals surface area contributed by atoms with Crippen LogP contribution >= 0.6 is 11.8 Å². The number of nitrogens with zero attached hydrogens (tertiary/aromatic N) is 1. The van der Waals surface area contributed by atoms with Crippen LogP contribution in [0.2, 0.25) is 0 Å². The first kappa shape index (κ1) is 10.5. The van der Waals surface area contributed by atoms with E-state index in [9.17, 15) is 4.79 Å². The molecule has 0 aromatic carbocycles. The van der Waals surface area contributed by atoms with Gasteiger partial charge in [0.1, 0.15) is 5.78 Å². The summed E-state index contributed by atoms with van der Waals surface area (Å²) in [4.78, 5) is 15.6. The molecule has 0 amide bonds. The second-order valence-corrected chi connectivity index (χ2v) is 4.58. The monoisotopic (exact) mass is 223 g/mol. The Bertz CT molecular complexity index is 367. The number of aromatic nitrogens is 1. The van der Waals surface area contributed by atoms with Crippen LogP contribution in [0, 0.1) is 5.92 Å². The molecule has 0 bridgehead atoms. The Morgan fingerprint density at radius 2 is 2.53 bits per heavy atom. The Kier molecular flexibility index (Phi) is 3.26. The summed E-state index contributed by atoms with van der Waals surface area (Å²) in [5, 5.41) is 0. The smallest absolute Gasteiger partial charge is 0.216 e. The molecule has 0 aliphatic carbocycles. The van der Waals surface area contributed by atoms with Crippen LogP contribution in [0.3, 0.4) is 0 Å². The molecule has 0 spiro atoms. The molecule has 0 N–H and O–H groups in total. The second kappa shape index (κ2) is 4.66. The number of carbonyl (C=O) groups is 1. The van der Waals surface area contributed by atoms with E-state index in [1.165, 1.54) is 0 Å². The van der Waals surface area contributed by atoms with Gasteiger partial charge in [0.2, 0.25) is 5.88 Å². The molecule has 4 heteroatoms. The van der Waals surface area contributed by atoms with Crippen LogP contribution in [0.1, 0.15) is 5.56 Å². The Balaban J connectivity index is 2.12. The molecule has 0 saturated carbocycles. The van der Waals surface area contributed by atoms with E-state index in [-0.39, 0.29) is 5.92 Å². The first-order valence-corrected chi connectivity index (χ1v) is 6.05. The number of hydrogen-bond donors (Lipinski definition) is 0. The molecule has 1 aromatic rings. The molecule has 1 aliphatic rings. The number of pyridine rings is 1. The molecule has 0 radical (unpaired) electrons. The van der Waals surface area contributed by atoms with Crippen LogP contribution in [0.15, 0.2) is 18.3 Å². The van der Waals surface area contributed by atoms with Gasteiger partial charge in [-0.2, -0.15) is 11.8 Å². The predicted molar refractivity (Wildman–Crippen MR) is 60.3 cm³/mol. The van der Waals surface area contributed by atoms with Gasteiger partial charge in [-0.05, 0) is 12.5 Å². The Labute approximate surface area is 93.2 Å². The molecule has 2 rings (SSSR count). The zero-order valence-corrected chi connectivity index (χ0v) is 9.42. The normalized spacial score (nSPS) is 20.6. The van der Waals surface area contributed by atoms with Crippen molar-refractivity contribution < 1.29 is 9.53 Å². The maximum Gasteiger partial charge on any atom is 0.216 e. The largest absolute Gasteiger partial charge is 0.481 e. The second-order valence-electron chi connectivity index (χ2n) is 3.55. The summed E-state index contributed by atoms with van der Waals surface area (Å²) >= 11 is 1.71. The molecule has 3 nitrogen and oxygen atoms in total. The molecule has 80 valence electrons.